The van der Waals surface area contributed by atoms with Crippen LogP contribution in [0.5, 0.6) is 0 Å². The molecule has 2 unspecified atom stereocenters. The SMILES string of the molecule is CCCCCCC(C)O[SiH2]OC(C)CCCCCC. The largest absolute Gasteiger partial charge is 0.396 e. The van der Waals surface area contributed by atoms with Crippen molar-refractivity contribution in [3.05, 3.63) is 0 Å². The molecule has 0 spiro atoms. The van der Waals surface area contributed by atoms with Gasteiger partial charge in [-0.2, -0.15) is 0 Å². The van der Waals surface area contributed by atoms with Gasteiger partial charge in [-0.25, -0.2) is 0 Å². The normalized spacial score (nSPS) is 15.2. The fraction of sp³-hybridized carbons (Fsp3) is 1.00. The second-order valence-electron chi connectivity index (χ2n) is 5.77. The summed E-state index contributed by atoms with van der Waals surface area (Å²) in [7, 11) is -0.763. The molecule has 0 aromatic heterocycles. The molecule has 0 amide bonds. The van der Waals surface area contributed by atoms with Crippen molar-refractivity contribution in [2.24, 2.45) is 0 Å². The molecule has 2 atom stereocenters. The molecule has 2 nitrogen and oxygen atoms in total. The monoisotopic (exact) mass is 288 g/mol. The molecule has 116 valence electrons. The second-order valence-corrected chi connectivity index (χ2v) is 6.67. The molecule has 0 rings (SSSR count). The quantitative estimate of drug-likeness (QED) is 0.340. The molecule has 0 aliphatic heterocycles. The molecule has 0 bridgehead atoms. The van der Waals surface area contributed by atoms with Gasteiger partial charge >= 0.3 is 10.0 Å². The number of hydrogen-bond donors (Lipinski definition) is 0. The van der Waals surface area contributed by atoms with Crippen LogP contribution in [0.3, 0.4) is 0 Å². The van der Waals surface area contributed by atoms with E-state index in [-0.39, 0.29) is 0 Å². The first-order valence-electron chi connectivity index (χ1n) is 8.43. The van der Waals surface area contributed by atoms with E-state index in [4.69, 9.17) is 8.85 Å². The second kappa shape index (κ2) is 14.5. The van der Waals surface area contributed by atoms with E-state index in [0.717, 1.165) is 0 Å². The van der Waals surface area contributed by atoms with Gasteiger partial charge in [0.15, 0.2) is 0 Å². The molecular formula is C16H36O2Si. The third-order valence-electron chi connectivity index (χ3n) is 3.63. The first kappa shape index (κ1) is 19.1. The molecule has 0 saturated heterocycles. The zero-order chi connectivity index (χ0) is 14.3. The molecule has 0 saturated carbocycles. The average Bonchev–Trinajstić information content (AvgIpc) is 2.40. The fourth-order valence-electron chi connectivity index (χ4n) is 2.16. The highest BCUT2D eigenvalue weighted by atomic mass is 28.3. The van der Waals surface area contributed by atoms with Gasteiger partial charge in [0.25, 0.3) is 0 Å². The molecule has 0 aliphatic rings. The molecule has 0 radical (unpaired) electrons. The van der Waals surface area contributed by atoms with Crippen LogP contribution >= 0.6 is 0 Å². The van der Waals surface area contributed by atoms with Crippen LogP contribution in [0.4, 0.5) is 0 Å². The molecule has 3 heteroatoms. The van der Waals surface area contributed by atoms with Crippen molar-refractivity contribution in [3.8, 4) is 0 Å². The lowest BCUT2D eigenvalue weighted by molar-refractivity contribution is 0.123. The van der Waals surface area contributed by atoms with Crippen molar-refractivity contribution in [2.75, 3.05) is 0 Å². The Morgan fingerprint density at radius 3 is 1.47 bits per heavy atom. The Kier molecular flexibility index (Phi) is 14.6. The van der Waals surface area contributed by atoms with E-state index < -0.39 is 10.0 Å². The zero-order valence-electron chi connectivity index (χ0n) is 13.7. The highest BCUT2D eigenvalue weighted by Crippen LogP contribution is 2.09. The predicted molar refractivity (Wildman–Crippen MR) is 87.2 cm³/mol. The van der Waals surface area contributed by atoms with Crippen molar-refractivity contribution in [1.29, 1.82) is 0 Å². The fourth-order valence-corrected chi connectivity index (χ4v) is 3.03. The lowest BCUT2D eigenvalue weighted by Crippen LogP contribution is -2.19. The summed E-state index contributed by atoms with van der Waals surface area (Å²) in [5.41, 5.74) is 0. The summed E-state index contributed by atoms with van der Waals surface area (Å²) in [5.74, 6) is 0. The standard InChI is InChI=1S/C16H36O2Si/c1-5-7-9-11-13-15(3)17-19-18-16(4)14-12-10-8-6-2/h15-16H,5-14,19H2,1-4H3. The van der Waals surface area contributed by atoms with Gasteiger partial charge in [-0.15, -0.1) is 0 Å². The summed E-state index contributed by atoms with van der Waals surface area (Å²) in [5, 5.41) is 0. The van der Waals surface area contributed by atoms with Crippen LogP contribution < -0.4 is 0 Å². The Bertz CT molecular complexity index is 158. The van der Waals surface area contributed by atoms with E-state index in [0.29, 0.717) is 12.2 Å². The van der Waals surface area contributed by atoms with E-state index in [2.05, 4.69) is 27.7 Å². The van der Waals surface area contributed by atoms with Crippen LogP contribution in [-0.2, 0) is 8.85 Å². The Morgan fingerprint density at radius 1 is 0.684 bits per heavy atom. The minimum atomic E-state index is -0.763. The minimum Gasteiger partial charge on any atom is -0.396 e. The lowest BCUT2D eigenvalue weighted by atomic mass is 10.1. The van der Waals surface area contributed by atoms with Gasteiger partial charge in [0.1, 0.15) is 0 Å². The summed E-state index contributed by atoms with van der Waals surface area (Å²) in [6, 6.07) is 0. The van der Waals surface area contributed by atoms with Crippen LogP contribution in [0.2, 0.25) is 0 Å². The molecule has 0 fully saturated rings. The first-order chi connectivity index (χ1) is 9.20. The summed E-state index contributed by atoms with van der Waals surface area (Å²) in [4.78, 5) is 0. The van der Waals surface area contributed by atoms with Gasteiger partial charge in [0, 0.05) is 12.2 Å². The van der Waals surface area contributed by atoms with Crippen LogP contribution in [-0.4, -0.2) is 22.2 Å². The highest BCUT2D eigenvalue weighted by molar-refractivity contribution is 6.18. The van der Waals surface area contributed by atoms with Crippen LogP contribution in [0, 0.1) is 0 Å². The van der Waals surface area contributed by atoms with Crippen LogP contribution in [0.15, 0.2) is 0 Å². The van der Waals surface area contributed by atoms with E-state index in [9.17, 15) is 0 Å². The molecule has 19 heavy (non-hydrogen) atoms. The van der Waals surface area contributed by atoms with Crippen molar-refractivity contribution in [1.82, 2.24) is 0 Å². The topological polar surface area (TPSA) is 18.5 Å². The summed E-state index contributed by atoms with van der Waals surface area (Å²) >= 11 is 0. The van der Waals surface area contributed by atoms with Crippen molar-refractivity contribution >= 4 is 10.0 Å². The lowest BCUT2D eigenvalue weighted by Gasteiger charge is -2.16. The van der Waals surface area contributed by atoms with E-state index in [1.807, 2.05) is 0 Å². The summed E-state index contributed by atoms with van der Waals surface area (Å²) in [6.45, 7) is 8.88. The summed E-state index contributed by atoms with van der Waals surface area (Å²) in [6.07, 6.45) is 13.8. The molecular weight excluding hydrogens is 252 g/mol. The third-order valence-corrected chi connectivity index (χ3v) is 5.04. The Hall–Kier alpha value is 0.137. The Morgan fingerprint density at radius 2 is 1.11 bits per heavy atom. The molecule has 0 heterocycles. The maximum absolute atomic E-state index is 5.84. The van der Waals surface area contributed by atoms with Gasteiger partial charge in [0.2, 0.25) is 0 Å². The van der Waals surface area contributed by atoms with Gasteiger partial charge in [0.05, 0.1) is 0 Å². The molecule has 0 aromatic carbocycles. The Balaban J connectivity index is 3.30. The van der Waals surface area contributed by atoms with Gasteiger partial charge in [-0.1, -0.05) is 65.2 Å². The Labute approximate surface area is 123 Å². The smallest absolute Gasteiger partial charge is 0.304 e. The molecule has 0 aliphatic carbocycles. The number of rotatable bonds is 14. The van der Waals surface area contributed by atoms with E-state index >= 15 is 0 Å². The summed E-state index contributed by atoms with van der Waals surface area (Å²) < 4.78 is 11.7. The van der Waals surface area contributed by atoms with Crippen molar-refractivity contribution in [3.63, 3.8) is 0 Å². The third kappa shape index (κ3) is 14.4. The van der Waals surface area contributed by atoms with E-state index in [1.54, 1.807) is 0 Å². The average molecular weight is 289 g/mol. The van der Waals surface area contributed by atoms with Gasteiger partial charge < -0.3 is 8.85 Å². The highest BCUT2D eigenvalue weighted by Gasteiger charge is 2.05. The minimum absolute atomic E-state index is 0.399. The maximum atomic E-state index is 5.84. The van der Waals surface area contributed by atoms with Crippen molar-refractivity contribution < 1.29 is 8.85 Å². The molecule has 0 N–H and O–H groups in total. The van der Waals surface area contributed by atoms with Crippen LogP contribution in [0.1, 0.15) is 91.9 Å². The number of unbranched alkanes of at least 4 members (excludes halogenated alkanes) is 6. The predicted octanol–water partition coefficient (Wildman–Crippen LogP) is 4.74. The van der Waals surface area contributed by atoms with E-state index in [1.165, 1.54) is 64.2 Å². The first-order valence-corrected chi connectivity index (χ1v) is 9.59. The van der Waals surface area contributed by atoms with Crippen molar-refractivity contribution in [2.45, 2.75) is 104 Å². The maximum Gasteiger partial charge on any atom is 0.304 e. The zero-order valence-corrected chi connectivity index (χ0v) is 15.2. The number of hydrogen-bond acceptors (Lipinski definition) is 2. The van der Waals surface area contributed by atoms with Gasteiger partial charge in [-0.3, -0.25) is 0 Å². The van der Waals surface area contributed by atoms with Gasteiger partial charge in [-0.05, 0) is 26.7 Å². The molecule has 0 aromatic rings. The van der Waals surface area contributed by atoms with Crippen LogP contribution in [0.25, 0.3) is 0 Å².